The molecule has 1 aliphatic heterocycles. The second kappa shape index (κ2) is 10.4. The van der Waals surface area contributed by atoms with Gasteiger partial charge in [0.1, 0.15) is 5.15 Å². The fraction of sp³-hybridized carbons (Fsp3) is 0.393. The summed E-state index contributed by atoms with van der Waals surface area (Å²) in [7, 11) is -2.07. The predicted octanol–water partition coefficient (Wildman–Crippen LogP) is 3.26. The van der Waals surface area contributed by atoms with Gasteiger partial charge in [0.2, 0.25) is 16.0 Å². The number of carbonyl (C=O) groups is 1. The lowest BCUT2D eigenvalue weighted by atomic mass is 9.95. The fourth-order valence-electron chi connectivity index (χ4n) is 6.44. The summed E-state index contributed by atoms with van der Waals surface area (Å²) in [5, 5.41) is 11.1. The number of amides is 1. The van der Waals surface area contributed by atoms with Crippen LogP contribution in [0.5, 0.6) is 0 Å². The number of aryl methyl sites for hydroxylation is 1. The molecule has 1 saturated carbocycles. The van der Waals surface area contributed by atoms with Crippen LogP contribution in [0.2, 0.25) is 5.15 Å². The Morgan fingerprint density at radius 3 is 2.67 bits per heavy atom. The van der Waals surface area contributed by atoms with Crippen molar-refractivity contribution < 1.29 is 13.2 Å². The molecule has 12 nitrogen and oxygen atoms in total. The van der Waals surface area contributed by atoms with Crippen LogP contribution in [0.4, 0.5) is 11.6 Å². The number of aromatic nitrogens is 5. The Morgan fingerprint density at radius 1 is 1.19 bits per heavy atom. The quantitative estimate of drug-likeness (QED) is 0.267. The van der Waals surface area contributed by atoms with E-state index in [4.69, 9.17) is 16.6 Å². The Hall–Kier alpha value is -3.97. The second-order valence-corrected chi connectivity index (χ2v) is 13.4. The number of piperidine rings is 1. The van der Waals surface area contributed by atoms with E-state index < -0.39 is 22.0 Å². The van der Waals surface area contributed by atoms with E-state index in [0.29, 0.717) is 22.8 Å². The van der Waals surface area contributed by atoms with Crippen LogP contribution in [0, 0.1) is 12.8 Å². The highest BCUT2D eigenvalue weighted by Crippen LogP contribution is 2.47. The first kappa shape index (κ1) is 28.2. The molecule has 0 radical (unpaired) electrons. The highest BCUT2D eigenvalue weighted by atomic mass is 35.5. The molecule has 14 heteroatoms. The van der Waals surface area contributed by atoms with Crippen molar-refractivity contribution in [3.63, 3.8) is 0 Å². The fourth-order valence-corrected chi connectivity index (χ4v) is 7.02. The Kier molecular flexibility index (Phi) is 6.97. The molecule has 1 aliphatic carbocycles. The third-order valence-corrected chi connectivity index (χ3v) is 8.95. The first-order valence-corrected chi connectivity index (χ1v) is 15.9. The van der Waals surface area contributed by atoms with Crippen molar-refractivity contribution in [3.8, 4) is 0 Å². The van der Waals surface area contributed by atoms with Crippen LogP contribution >= 0.6 is 11.6 Å². The first-order chi connectivity index (χ1) is 19.9. The number of pyridine rings is 1. The molecule has 1 saturated heterocycles. The number of H-pyrrole nitrogens is 1. The molecule has 3 aromatic heterocycles. The summed E-state index contributed by atoms with van der Waals surface area (Å²) < 4.78 is 27.0. The number of nitrogens with zero attached hydrogens (tertiary/aromatic N) is 5. The first-order valence-electron chi connectivity index (χ1n) is 13.6. The number of fused-ring (bicyclic) bond motifs is 3. The Morgan fingerprint density at radius 2 is 1.98 bits per heavy atom. The van der Waals surface area contributed by atoms with Crippen LogP contribution in [0.3, 0.4) is 0 Å². The number of carbonyl (C=O) groups excluding carboxylic acids is 1. The van der Waals surface area contributed by atoms with Gasteiger partial charge in [0.05, 0.1) is 28.9 Å². The van der Waals surface area contributed by atoms with Crippen molar-refractivity contribution >= 4 is 50.1 Å². The predicted molar refractivity (Wildman–Crippen MR) is 161 cm³/mol. The zero-order valence-electron chi connectivity index (χ0n) is 23.6. The number of aromatic amines is 1. The van der Waals surface area contributed by atoms with Gasteiger partial charge >= 0.3 is 0 Å². The molecule has 2 aliphatic rings. The van der Waals surface area contributed by atoms with Gasteiger partial charge in [0.25, 0.3) is 11.5 Å². The van der Waals surface area contributed by atoms with E-state index in [0.717, 1.165) is 42.5 Å². The minimum absolute atomic E-state index is 0.0380. The molecule has 42 heavy (non-hydrogen) atoms. The molecule has 0 spiro atoms. The molecular formula is C28H31ClN8O4S. The average molecular weight is 611 g/mol. The molecule has 3 N–H and O–H groups in total. The van der Waals surface area contributed by atoms with Crippen LogP contribution in [0.1, 0.15) is 59.0 Å². The molecule has 0 unspecified atom stereocenters. The van der Waals surface area contributed by atoms with Gasteiger partial charge in [0.15, 0.2) is 5.69 Å². The number of anilines is 2. The van der Waals surface area contributed by atoms with E-state index in [9.17, 15) is 18.0 Å². The topological polar surface area (TPSA) is 155 Å². The summed E-state index contributed by atoms with van der Waals surface area (Å²) >= 11 is 6.04. The van der Waals surface area contributed by atoms with E-state index >= 15 is 0 Å². The molecule has 4 atom stereocenters. The maximum atomic E-state index is 13.7. The zero-order chi connectivity index (χ0) is 29.9. The third kappa shape index (κ3) is 5.11. The molecule has 2 bridgehead atoms. The van der Waals surface area contributed by atoms with E-state index in [2.05, 4.69) is 25.4 Å². The van der Waals surface area contributed by atoms with Crippen molar-refractivity contribution in [3.05, 3.63) is 74.6 Å². The summed E-state index contributed by atoms with van der Waals surface area (Å²) in [5.41, 5.74) is 3.26. The van der Waals surface area contributed by atoms with Gasteiger partial charge in [-0.1, -0.05) is 17.7 Å². The van der Waals surface area contributed by atoms with Gasteiger partial charge in [-0.3, -0.25) is 19.3 Å². The summed E-state index contributed by atoms with van der Waals surface area (Å²) in [5.74, 6) is 0.491. The van der Waals surface area contributed by atoms with Crippen LogP contribution in [-0.2, 0) is 17.1 Å². The van der Waals surface area contributed by atoms with Crippen LogP contribution < -0.4 is 20.5 Å². The summed E-state index contributed by atoms with van der Waals surface area (Å²) in [4.78, 5) is 37.9. The standard InChI is InChI=1S/C28H31ClN8O4S/c1-14-9-17(15(2)31-21-5-6-23(29)32-25(21)26(38)35-42(4,40)41)24-19(10-14)27(39)36(3)28(33-24)37-13-16-11-18(22(37)12-16)20-7-8-30-34-20/h5-10,15-16,18,22,31H,11-13H2,1-4H3,(H,30,34)(H,35,38)/t15-,16-,18+,22-/m1/s1. The van der Waals surface area contributed by atoms with Gasteiger partial charge in [-0.05, 0) is 62.4 Å². The molecule has 220 valence electrons. The second-order valence-electron chi connectivity index (χ2n) is 11.3. The lowest BCUT2D eigenvalue weighted by Crippen LogP contribution is -2.41. The van der Waals surface area contributed by atoms with Crippen molar-refractivity contribution in [2.45, 2.75) is 44.7 Å². The Balaban J connectivity index is 1.40. The van der Waals surface area contributed by atoms with Crippen molar-refractivity contribution in [2.75, 3.05) is 23.0 Å². The van der Waals surface area contributed by atoms with Crippen LogP contribution in [0.15, 0.2) is 41.3 Å². The normalized spacial score (nSPS) is 20.7. The largest absolute Gasteiger partial charge is 0.377 e. The summed E-state index contributed by atoms with van der Waals surface area (Å²) in [6, 6.07) is 8.64. The van der Waals surface area contributed by atoms with E-state index in [1.165, 1.54) is 6.07 Å². The lowest BCUT2D eigenvalue weighted by Gasteiger charge is -2.34. The van der Waals surface area contributed by atoms with Crippen LogP contribution in [-0.4, -0.2) is 57.9 Å². The summed E-state index contributed by atoms with van der Waals surface area (Å²) in [6.07, 6.45) is 4.75. The number of nitrogens with one attached hydrogen (secondary N) is 3. The molecule has 6 rings (SSSR count). The van der Waals surface area contributed by atoms with E-state index in [1.54, 1.807) is 23.9 Å². The maximum absolute atomic E-state index is 13.7. The smallest absolute Gasteiger partial charge is 0.285 e. The minimum atomic E-state index is -3.83. The van der Waals surface area contributed by atoms with Gasteiger partial charge in [0, 0.05) is 43.0 Å². The minimum Gasteiger partial charge on any atom is -0.377 e. The van der Waals surface area contributed by atoms with Gasteiger partial charge in [-0.2, -0.15) is 5.10 Å². The Labute approximate surface area is 247 Å². The maximum Gasteiger partial charge on any atom is 0.285 e. The molecule has 2 fully saturated rings. The molecule has 1 amide bonds. The van der Waals surface area contributed by atoms with Gasteiger partial charge < -0.3 is 10.2 Å². The van der Waals surface area contributed by atoms with Crippen LogP contribution in [0.25, 0.3) is 10.9 Å². The van der Waals surface area contributed by atoms with E-state index in [1.807, 2.05) is 36.8 Å². The lowest BCUT2D eigenvalue weighted by molar-refractivity contribution is 0.0977. The molecule has 1 aromatic carbocycles. The average Bonchev–Trinajstić information content (AvgIpc) is 3.68. The molecule has 4 heterocycles. The third-order valence-electron chi connectivity index (χ3n) is 8.18. The number of halogens is 1. The highest BCUT2D eigenvalue weighted by Gasteiger charge is 2.47. The van der Waals surface area contributed by atoms with Crippen molar-refractivity contribution in [1.29, 1.82) is 0 Å². The Bertz CT molecular complexity index is 1880. The highest BCUT2D eigenvalue weighted by molar-refractivity contribution is 7.89. The van der Waals surface area contributed by atoms with E-state index in [-0.39, 0.29) is 34.1 Å². The number of hydrogen-bond acceptors (Lipinski definition) is 9. The number of sulfonamides is 1. The van der Waals surface area contributed by atoms with Crippen molar-refractivity contribution in [2.24, 2.45) is 13.0 Å². The zero-order valence-corrected chi connectivity index (χ0v) is 25.1. The van der Waals surface area contributed by atoms with Gasteiger partial charge in [-0.25, -0.2) is 23.1 Å². The number of rotatable bonds is 7. The molecule has 4 aromatic rings. The SMILES string of the molecule is Cc1cc([C@@H](C)Nc2ccc(Cl)nc2C(=O)NS(C)(=O)=O)c2nc(N3C[C@H]4C[C@@H]3[C@H](c3ccn[nH]3)C4)n(C)c(=O)c2c1. The van der Waals surface area contributed by atoms with Crippen molar-refractivity contribution in [1.82, 2.24) is 29.5 Å². The number of benzene rings is 1. The monoisotopic (exact) mass is 610 g/mol. The van der Waals surface area contributed by atoms with Gasteiger partial charge in [-0.15, -0.1) is 0 Å². The summed E-state index contributed by atoms with van der Waals surface area (Å²) in [6.45, 7) is 4.61. The number of hydrogen-bond donors (Lipinski definition) is 3. The molecular weight excluding hydrogens is 580 g/mol.